The van der Waals surface area contributed by atoms with Gasteiger partial charge in [0.1, 0.15) is 16.4 Å². The van der Waals surface area contributed by atoms with Crippen molar-refractivity contribution in [2.45, 2.75) is 6.61 Å². The standard InChI is InChI=1S/C21H21F2N5O2S/c22-20(23)30-16-3-1-2-13(12-16)17(29)18-19(24)27-21(31-18)26-14-4-6-15(7-5-14)28-10-8-25-9-11-28/h1-7,12,20,25H,8-11,24H2,(H,26,27). The Bertz CT molecular complexity index is 1050. The fourth-order valence-electron chi connectivity index (χ4n) is 3.29. The van der Waals surface area contributed by atoms with Crippen LogP contribution in [0.4, 0.5) is 31.1 Å². The highest BCUT2D eigenvalue weighted by Crippen LogP contribution is 2.31. The van der Waals surface area contributed by atoms with Gasteiger partial charge in [0, 0.05) is 43.1 Å². The van der Waals surface area contributed by atoms with Gasteiger partial charge in [-0.05, 0) is 36.4 Å². The van der Waals surface area contributed by atoms with Gasteiger partial charge in [-0.1, -0.05) is 23.5 Å². The van der Waals surface area contributed by atoms with Gasteiger partial charge in [-0.3, -0.25) is 4.79 Å². The molecule has 0 amide bonds. The molecule has 1 fully saturated rings. The first kappa shape index (κ1) is 21.0. The third-order valence-corrected chi connectivity index (χ3v) is 5.77. The molecule has 10 heteroatoms. The van der Waals surface area contributed by atoms with Gasteiger partial charge < -0.3 is 26.0 Å². The number of halogens is 2. The molecule has 31 heavy (non-hydrogen) atoms. The average molecular weight is 445 g/mol. The van der Waals surface area contributed by atoms with Crippen molar-refractivity contribution >= 4 is 39.4 Å². The van der Waals surface area contributed by atoms with E-state index in [4.69, 9.17) is 5.73 Å². The van der Waals surface area contributed by atoms with Crippen molar-refractivity contribution in [3.8, 4) is 5.75 Å². The van der Waals surface area contributed by atoms with Crippen LogP contribution < -0.4 is 26.0 Å². The lowest BCUT2D eigenvalue weighted by Gasteiger charge is -2.29. The Labute approximate surface area is 181 Å². The summed E-state index contributed by atoms with van der Waals surface area (Å²) in [7, 11) is 0. The minimum atomic E-state index is -2.97. The first-order valence-corrected chi connectivity index (χ1v) is 10.5. The Kier molecular flexibility index (Phi) is 6.28. The molecule has 1 aliphatic rings. The van der Waals surface area contributed by atoms with Crippen LogP contribution in [0.15, 0.2) is 48.5 Å². The Hall–Kier alpha value is -3.24. The molecule has 2 heterocycles. The topological polar surface area (TPSA) is 92.5 Å². The zero-order valence-electron chi connectivity index (χ0n) is 16.5. The number of nitrogens with one attached hydrogen (secondary N) is 2. The van der Waals surface area contributed by atoms with Gasteiger partial charge in [-0.15, -0.1) is 0 Å². The highest BCUT2D eigenvalue weighted by Gasteiger charge is 2.19. The van der Waals surface area contributed by atoms with E-state index in [-0.39, 0.29) is 22.0 Å². The Morgan fingerprint density at radius 1 is 1.19 bits per heavy atom. The Balaban J connectivity index is 1.47. The van der Waals surface area contributed by atoms with E-state index < -0.39 is 12.4 Å². The fourth-order valence-corrected chi connectivity index (χ4v) is 4.16. The molecular weight excluding hydrogens is 424 g/mol. The van der Waals surface area contributed by atoms with Gasteiger partial charge in [-0.25, -0.2) is 4.98 Å². The smallest absolute Gasteiger partial charge is 0.387 e. The number of carbonyl (C=O) groups excluding carboxylic acids is 1. The van der Waals surface area contributed by atoms with E-state index in [1.165, 1.54) is 24.3 Å². The molecular formula is C21H21F2N5O2S. The summed E-state index contributed by atoms with van der Waals surface area (Å²) in [5.41, 5.74) is 8.11. The van der Waals surface area contributed by atoms with Gasteiger partial charge in [0.2, 0.25) is 5.78 Å². The summed E-state index contributed by atoms with van der Waals surface area (Å²) >= 11 is 1.10. The quantitative estimate of drug-likeness (QED) is 0.478. The van der Waals surface area contributed by atoms with Crippen molar-refractivity contribution in [1.82, 2.24) is 10.3 Å². The van der Waals surface area contributed by atoms with Crippen LogP contribution in [-0.4, -0.2) is 43.6 Å². The molecule has 0 saturated carbocycles. The van der Waals surface area contributed by atoms with Crippen LogP contribution in [-0.2, 0) is 0 Å². The van der Waals surface area contributed by atoms with E-state index in [1.807, 2.05) is 24.3 Å². The van der Waals surface area contributed by atoms with Crippen LogP contribution in [0.1, 0.15) is 15.2 Å². The minimum absolute atomic E-state index is 0.0788. The Morgan fingerprint density at radius 3 is 2.65 bits per heavy atom. The number of anilines is 4. The number of nitrogens with zero attached hydrogens (tertiary/aromatic N) is 2. The number of hydrogen-bond acceptors (Lipinski definition) is 8. The third kappa shape index (κ3) is 5.09. The van der Waals surface area contributed by atoms with Crippen LogP contribution in [0.5, 0.6) is 5.75 Å². The number of hydrogen-bond donors (Lipinski definition) is 3. The highest BCUT2D eigenvalue weighted by molar-refractivity contribution is 7.18. The van der Waals surface area contributed by atoms with Gasteiger partial charge in [-0.2, -0.15) is 8.78 Å². The van der Waals surface area contributed by atoms with Crippen molar-refractivity contribution in [2.75, 3.05) is 42.1 Å². The summed E-state index contributed by atoms with van der Waals surface area (Å²) in [5.74, 6) is -0.418. The van der Waals surface area contributed by atoms with Gasteiger partial charge in [0.25, 0.3) is 0 Å². The lowest BCUT2D eigenvalue weighted by Crippen LogP contribution is -2.43. The molecule has 2 aromatic carbocycles. The maximum absolute atomic E-state index is 12.8. The molecule has 0 radical (unpaired) electrons. The van der Waals surface area contributed by atoms with Crippen LogP contribution >= 0.6 is 11.3 Å². The molecule has 0 atom stereocenters. The summed E-state index contributed by atoms with van der Waals surface area (Å²) in [6, 6.07) is 13.6. The van der Waals surface area contributed by atoms with Crippen LogP contribution in [0.25, 0.3) is 0 Å². The number of rotatable bonds is 7. The third-order valence-electron chi connectivity index (χ3n) is 4.78. The lowest BCUT2D eigenvalue weighted by molar-refractivity contribution is -0.0498. The van der Waals surface area contributed by atoms with Crippen LogP contribution in [0.2, 0.25) is 0 Å². The van der Waals surface area contributed by atoms with Crippen molar-refractivity contribution in [3.05, 3.63) is 59.0 Å². The molecule has 0 aliphatic carbocycles. The van der Waals surface area contributed by atoms with E-state index in [1.54, 1.807) is 0 Å². The largest absolute Gasteiger partial charge is 0.435 e. The molecule has 7 nitrogen and oxygen atoms in total. The number of ether oxygens (including phenoxy) is 1. The fraction of sp³-hybridized carbons (Fsp3) is 0.238. The van der Waals surface area contributed by atoms with E-state index in [0.29, 0.717) is 5.13 Å². The number of carbonyl (C=O) groups is 1. The van der Waals surface area contributed by atoms with Crippen LogP contribution in [0, 0.1) is 0 Å². The summed E-state index contributed by atoms with van der Waals surface area (Å²) in [6.07, 6.45) is 0. The second-order valence-electron chi connectivity index (χ2n) is 6.88. The second kappa shape index (κ2) is 9.27. The molecule has 0 spiro atoms. The lowest BCUT2D eigenvalue weighted by atomic mass is 10.1. The first-order valence-electron chi connectivity index (χ1n) is 9.68. The van der Waals surface area contributed by atoms with Crippen molar-refractivity contribution < 1.29 is 18.3 Å². The summed E-state index contributed by atoms with van der Waals surface area (Å²) in [5, 5.41) is 6.96. The second-order valence-corrected chi connectivity index (χ2v) is 7.88. The van der Waals surface area contributed by atoms with Gasteiger partial charge in [0.15, 0.2) is 5.13 Å². The molecule has 0 bridgehead atoms. The van der Waals surface area contributed by atoms with Crippen LogP contribution in [0.3, 0.4) is 0 Å². The normalized spacial score (nSPS) is 14.0. The molecule has 3 aromatic rings. The van der Waals surface area contributed by atoms with E-state index in [9.17, 15) is 13.6 Å². The van der Waals surface area contributed by atoms with E-state index in [0.717, 1.165) is 48.9 Å². The first-order chi connectivity index (χ1) is 15.0. The van der Waals surface area contributed by atoms with Gasteiger partial charge >= 0.3 is 6.61 Å². The summed E-state index contributed by atoms with van der Waals surface area (Å²) in [6.45, 7) is 0.890. The molecule has 1 saturated heterocycles. The van der Waals surface area contributed by atoms with Gasteiger partial charge in [0.05, 0.1) is 0 Å². The summed E-state index contributed by atoms with van der Waals surface area (Å²) in [4.78, 5) is 19.6. The molecule has 1 aromatic heterocycles. The number of benzene rings is 2. The van der Waals surface area contributed by atoms with E-state index >= 15 is 0 Å². The minimum Gasteiger partial charge on any atom is -0.435 e. The predicted octanol–water partition coefficient (Wildman–Crippen LogP) is 3.71. The van der Waals surface area contributed by atoms with Crippen molar-refractivity contribution in [2.24, 2.45) is 0 Å². The maximum Gasteiger partial charge on any atom is 0.387 e. The van der Waals surface area contributed by atoms with E-state index in [2.05, 4.69) is 25.3 Å². The number of piperazine rings is 1. The zero-order chi connectivity index (χ0) is 21.8. The number of aromatic nitrogens is 1. The summed E-state index contributed by atoms with van der Waals surface area (Å²) < 4.78 is 29.2. The Morgan fingerprint density at radius 2 is 1.94 bits per heavy atom. The SMILES string of the molecule is Nc1nc(Nc2ccc(N3CCNCC3)cc2)sc1C(=O)c1cccc(OC(F)F)c1. The number of ketones is 1. The predicted molar refractivity (Wildman–Crippen MR) is 118 cm³/mol. The number of alkyl halides is 2. The average Bonchev–Trinajstić information content (AvgIpc) is 3.14. The number of nitrogens with two attached hydrogens (primary N) is 1. The molecule has 1 aliphatic heterocycles. The number of nitrogen functional groups attached to an aromatic ring is 1. The zero-order valence-corrected chi connectivity index (χ0v) is 17.3. The van der Waals surface area contributed by atoms with Crippen molar-refractivity contribution in [3.63, 3.8) is 0 Å². The molecule has 4 N–H and O–H groups in total. The molecule has 162 valence electrons. The monoisotopic (exact) mass is 445 g/mol. The van der Waals surface area contributed by atoms with Crippen molar-refractivity contribution in [1.29, 1.82) is 0 Å². The highest BCUT2D eigenvalue weighted by atomic mass is 32.1. The molecule has 0 unspecified atom stereocenters. The maximum atomic E-state index is 12.8. The number of thiazole rings is 1. The molecule has 4 rings (SSSR count).